The largest absolute Gasteiger partial charge is 0.336 e. The van der Waals surface area contributed by atoms with Crippen LogP contribution < -0.4 is 5.32 Å². The molecule has 1 aliphatic rings. The van der Waals surface area contributed by atoms with Gasteiger partial charge in [0, 0.05) is 51.0 Å². The first kappa shape index (κ1) is 21.5. The van der Waals surface area contributed by atoms with Crippen LogP contribution in [0.5, 0.6) is 0 Å². The molecule has 0 aliphatic heterocycles. The number of rotatable bonds is 9. The number of nitrogens with zero attached hydrogens (tertiary/aromatic N) is 4. The van der Waals surface area contributed by atoms with E-state index in [4.69, 9.17) is 0 Å². The van der Waals surface area contributed by atoms with Gasteiger partial charge in [0.15, 0.2) is 5.69 Å². The third-order valence-electron chi connectivity index (χ3n) is 6.02. The van der Waals surface area contributed by atoms with Gasteiger partial charge < -0.3 is 15.1 Å². The second-order valence-electron chi connectivity index (χ2n) is 7.97. The Labute approximate surface area is 174 Å². The molecule has 1 amide bonds. The molecule has 1 atom stereocenters. The third-order valence-corrected chi connectivity index (χ3v) is 6.02. The number of carbonyl (C=O) groups is 1. The second-order valence-corrected chi connectivity index (χ2v) is 7.97. The van der Waals surface area contributed by atoms with Gasteiger partial charge in [0.05, 0.1) is 0 Å². The highest BCUT2D eigenvalue weighted by molar-refractivity contribution is 5.94. The maximum atomic E-state index is 13.1. The molecule has 29 heavy (non-hydrogen) atoms. The minimum absolute atomic E-state index is 0.00879. The summed E-state index contributed by atoms with van der Waals surface area (Å²) in [5.74, 6) is 0.00879. The first-order valence-corrected chi connectivity index (χ1v) is 10.8. The van der Waals surface area contributed by atoms with Crippen molar-refractivity contribution in [3.05, 3.63) is 52.8 Å². The smallest absolute Gasteiger partial charge is 0.274 e. The van der Waals surface area contributed by atoms with E-state index in [0.29, 0.717) is 18.3 Å². The Kier molecular flexibility index (Phi) is 7.45. The summed E-state index contributed by atoms with van der Waals surface area (Å²) in [4.78, 5) is 17.3. The summed E-state index contributed by atoms with van der Waals surface area (Å²) in [5, 5.41) is 8.32. The Hall–Kier alpha value is -2.18. The Balaban J connectivity index is 1.66. The van der Waals surface area contributed by atoms with Crippen LogP contribution in [0.2, 0.25) is 0 Å². The van der Waals surface area contributed by atoms with Gasteiger partial charge in [-0.3, -0.25) is 9.48 Å². The van der Waals surface area contributed by atoms with Crippen LogP contribution in [0, 0.1) is 0 Å². The van der Waals surface area contributed by atoms with E-state index >= 15 is 0 Å². The number of aryl methyl sites for hydroxylation is 1. The van der Waals surface area contributed by atoms with Crippen molar-refractivity contribution in [2.24, 2.45) is 7.05 Å². The fourth-order valence-electron chi connectivity index (χ4n) is 4.21. The van der Waals surface area contributed by atoms with Gasteiger partial charge >= 0.3 is 0 Å². The molecular formula is C23H35N5O. The Morgan fingerprint density at radius 1 is 1.24 bits per heavy atom. The van der Waals surface area contributed by atoms with Crippen LogP contribution in [0.3, 0.4) is 0 Å². The van der Waals surface area contributed by atoms with Gasteiger partial charge in [-0.05, 0) is 37.9 Å². The molecule has 0 saturated heterocycles. The van der Waals surface area contributed by atoms with Crippen LogP contribution in [0.4, 0.5) is 0 Å². The van der Waals surface area contributed by atoms with E-state index in [2.05, 4.69) is 29.2 Å². The van der Waals surface area contributed by atoms with Crippen molar-refractivity contribution < 1.29 is 4.79 Å². The van der Waals surface area contributed by atoms with Crippen LogP contribution in [-0.2, 0) is 26.4 Å². The molecule has 1 N–H and O–H groups in total. The molecule has 2 aromatic rings. The lowest BCUT2D eigenvalue weighted by atomic mass is 9.91. The SMILES string of the molecule is CCN(CC)CCN[C@@H]1CCc2c(c(C(=O)N(C)Cc3ccccc3)nn2C)C1. The molecule has 6 heteroatoms. The van der Waals surface area contributed by atoms with Crippen molar-refractivity contribution >= 4 is 5.91 Å². The lowest BCUT2D eigenvalue weighted by Crippen LogP contribution is -2.40. The van der Waals surface area contributed by atoms with Gasteiger partial charge in [0.25, 0.3) is 5.91 Å². The predicted molar refractivity (Wildman–Crippen MR) is 117 cm³/mol. The van der Waals surface area contributed by atoms with Crippen molar-refractivity contribution in [3.63, 3.8) is 0 Å². The topological polar surface area (TPSA) is 53.4 Å². The van der Waals surface area contributed by atoms with Crippen molar-refractivity contribution in [3.8, 4) is 0 Å². The summed E-state index contributed by atoms with van der Waals surface area (Å²) < 4.78 is 1.91. The molecule has 6 nitrogen and oxygen atoms in total. The van der Waals surface area contributed by atoms with Crippen molar-refractivity contribution in [1.82, 2.24) is 24.9 Å². The summed E-state index contributed by atoms with van der Waals surface area (Å²) in [6.07, 6.45) is 2.94. The van der Waals surface area contributed by atoms with E-state index in [-0.39, 0.29) is 5.91 Å². The first-order chi connectivity index (χ1) is 14.0. The molecule has 1 heterocycles. The summed E-state index contributed by atoms with van der Waals surface area (Å²) in [5.41, 5.74) is 4.09. The highest BCUT2D eigenvalue weighted by atomic mass is 16.2. The number of fused-ring (bicyclic) bond motifs is 1. The van der Waals surface area contributed by atoms with E-state index in [0.717, 1.165) is 56.6 Å². The molecule has 158 valence electrons. The Morgan fingerprint density at radius 3 is 2.66 bits per heavy atom. The summed E-state index contributed by atoms with van der Waals surface area (Å²) in [6, 6.07) is 10.5. The van der Waals surface area contributed by atoms with Gasteiger partial charge in [-0.2, -0.15) is 5.10 Å². The van der Waals surface area contributed by atoms with Crippen LogP contribution >= 0.6 is 0 Å². The van der Waals surface area contributed by atoms with E-state index in [1.807, 2.05) is 49.1 Å². The van der Waals surface area contributed by atoms with E-state index < -0.39 is 0 Å². The average Bonchev–Trinajstić information content (AvgIpc) is 3.07. The Bertz CT molecular complexity index is 797. The number of benzene rings is 1. The molecule has 3 rings (SSSR count). The molecular weight excluding hydrogens is 362 g/mol. The van der Waals surface area contributed by atoms with Crippen LogP contribution in [0.15, 0.2) is 30.3 Å². The number of nitrogens with one attached hydrogen (secondary N) is 1. The molecule has 0 bridgehead atoms. The van der Waals surface area contributed by atoms with Gasteiger partial charge in [0.1, 0.15) is 0 Å². The minimum atomic E-state index is 0.00879. The standard InChI is InChI=1S/C23H35N5O/c1-5-28(6-2)15-14-24-19-12-13-21-20(16-19)22(25-27(21)4)23(29)26(3)17-18-10-8-7-9-11-18/h7-11,19,24H,5-6,12-17H2,1-4H3/t19-/m1/s1. The normalized spacial score (nSPS) is 16.1. The van der Waals surface area contributed by atoms with E-state index in [1.54, 1.807) is 4.90 Å². The van der Waals surface area contributed by atoms with Gasteiger partial charge in [0.2, 0.25) is 0 Å². The zero-order valence-electron chi connectivity index (χ0n) is 18.3. The number of hydrogen-bond donors (Lipinski definition) is 1. The van der Waals surface area contributed by atoms with Crippen molar-refractivity contribution in [2.75, 3.05) is 33.2 Å². The summed E-state index contributed by atoms with van der Waals surface area (Å²) in [7, 11) is 3.82. The fourth-order valence-corrected chi connectivity index (χ4v) is 4.21. The molecule has 0 saturated carbocycles. The molecule has 0 unspecified atom stereocenters. The third kappa shape index (κ3) is 5.25. The maximum absolute atomic E-state index is 13.1. The van der Waals surface area contributed by atoms with Gasteiger partial charge in [-0.15, -0.1) is 0 Å². The number of likely N-dealkylation sites (N-methyl/N-ethyl adjacent to an activating group) is 1. The van der Waals surface area contributed by atoms with Crippen molar-refractivity contribution in [2.45, 2.75) is 45.7 Å². The molecule has 0 spiro atoms. The number of carbonyl (C=O) groups excluding carboxylic acids is 1. The highest BCUT2D eigenvalue weighted by Crippen LogP contribution is 2.25. The lowest BCUT2D eigenvalue weighted by molar-refractivity contribution is 0.0777. The predicted octanol–water partition coefficient (Wildman–Crippen LogP) is 2.48. The zero-order valence-corrected chi connectivity index (χ0v) is 18.3. The van der Waals surface area contributed by atoms with Crippen LogP contribution in [0.25, 0.3) is 0 Å². The quantitative estimate of drug-likeness (QED) is 0.706. The van der Waals surface area contributed by atoms with Crippen molar-refractivity contribution in [1.29, 1.82) is 0 Å². The molecule has 0 fully saturated rings. The molecule has 1 aromatic carbocycles. The summed E-state index contributed by atoms with van der Waals surface area (Å²) >= 11 is 0. The minimum Gasteiger partial charge on any atom is -0.336 e. The fraction of sp³-hybridized carbons (Fsp3) is 0.565. The summed E-state index contributed by atoms with van der Waals surface area (Å²) in [6.45, 7) is 9.22. The molecule has 1 aromatic heterocycles. The molecule has 0 radical (unpaired) electrons. The highest BCUT2D eigenvalue weighted by Gasteiger charge is 2.29. The van der Waals surface area contributed by atoms with E-state index in [1.165, 1.54) is 5.69 Å². The zero-order chi connectivity index (χ0) is 20.8. The van der Waals surface area contributed by atoms with Gasteiger partial charge in [-0.25, -0.2) is 0 Å². The monoisotopic (exact) mass is 397 g/mol. The maximum Gasteiger partial charge on any atom is 0.274 e. The number of aromatic nitrogens is 2. The van der Waals surface area contributed by atoms with Gasteiger partial charge in [-0.1, -0.05) is 44.2 Å². The number of hydrogen-bond acceptors (Lipinski definition) is 4. The van der Waals surface area contributed by atoms with Crippen LogP contribution in [-0.4, -0.2) is 64.8 Å². The second kappa shape index (κ2) is 10.0. The molecule has 1 aliphatic carbocycles. The first-order valence-electron chi connectivity index (χ1n) is 10.8. The lowest BCUT2D eigenvalue weighted by Gasteiger charge is -2.26. The Morgan fingerprint density at radius 2 is 1.97 bits per heavy atom. The average molecular weight is 398 g/mol. The number of amides is 1. The van der Waals surface area contributed by atoms with E-state index in [9.17, 15) is 4.79 Å². The van der Waals surface area contributed by atoms with Crippen LogP contribution in [0.1, 0.15) is 47.6 Å².